The Kier molecular flexibility index (Phi) is 5.74. The van der Waals surface area contributed by atoms with E-state index >= 15 is 0 Å². The van der Waals surface area contributed by atoms with Crippen molar-refractivity contribution in [2.45, 2.75) is 24.9 Å². The van der Waals surface area contributed by atoms with Crippen LogP contribution < -0.4 is 10.3 Å². The molecule has 0 fully saturated rings. The van der Waals surface area contributed by atoms with Crippen LogP contribution in [0.3, 0.4) is 0 Å². The Morgan fingerprint density at radius 2 is 1.81 bits per heavy atom. The van der Waals surface area contributed by atoms with Gasteiger partial charge in [0.15, 0.2) is 0 Å². The first kappa shape index (κ1) is 19.3. The number of hydrogen-bond acceptors (Lipinski definition) is 5. The lowest BCUT2D eigenvalue weighted by Crippen LogP contribution is -2.23. The van der Waals surface area contributed by atoms with Crippen molar-refractivity contribution in [3.8, 4) is 0 Å². The van der Waals surface area contributed by atoms with Gasteiger partial charge in [-0.3, -0.25) is 0 Å². The molecule has 6 nitrogen and oxygen atoms in total. The van der Waals surface area contributed by atoms with Gasteiger partial charge in [-0.2, -0.15) is 0 Å². The summed E-state index contributed by atoms with van der Waals surface area (Å²) in [5, 5.41) is 0.557. The molecule has 0 saturated heterocycles. The summed E-state index contributed by atoms with van der Waals surface area (Å²) in [5.41, 5.74) is 1.92. The van der Waals surface area contributed by atoms with E-state index < -0.39 is 15.6 Å². The van der Waals surface area contributed by atoms with Crippen LogP contribution in [0.4, 0.5) is 0 Å². The number of nitrogens with zero attached hydrogens (tertiary/aromatic N) is 1. The molecule has 2 aromatic carbocycles. The van der Waals surface area contributed by atoms with Gasteiger partial charge in [-0.1, -0.05) is 31.2 Å². The molecular formula is C20H22N2O4S. The van der Waals surface area contributed by atoms with Crippen molar-refractivity contribution in [2.75, 3.05) is 13.6 Å². The maximum absolute atomic E-state index is 12.6. The van der Waals surface area contributed by atoms with E-state index in [1.165, 1.54) is 24.3 Å². The average Bonchev–Trinajstić information content (AvgIpc) is 2.66. The molecule has 1 heterocycles. The number of benzene rings is 2. The van der Waals surface area contributed by atoms with Gasteiger partial charge in [0.2, 0.25) is 10.0 Å². The Labute approximate surface area is 158 Å². The second-order valence-corrected chi connectivity index (χ2v) is 8.20. The van der Waals surface area contributed by atoms with Crippen LogP contribution in [0.15, 0.2) is 68.7 Å². The quantitative estimate of drug-likeness (QED) is 0.632. The van der Waals surface area contributed by atoms with Gasteiger partial charge in [-0.05, 0) is 49.0 Å². The molecule has 0 spiro atoms. The molecule has 0 saturated carbocycles. The van der Waals surface area contributed by atoms with Gasteiger partial charge >= 0.3 is 5.63 Å². The van der Waals surface area contributed by atoms with Crippen LogP contribution in [-0.2, 0) is 23.1 Å². The Morgan fingerprint density at radius 3 is 2.59 bits per heavy atom. The van der Waals surface area contributed by atoms with Gasteiger partial charge in [-0.15, -0.1) is 0 Å². The summed E-state index contributed by atoms with van der Waals surface area (Å²) >= 11 is 0. The zero-order valence-corrected chi connectivity index (χ0v) is 16.1. The second kappa shape index (κ2) is 8.04. The first-order valence-electron chi connectivity index (χ1n) is 8.67. The molecule has 1 aromatic heterocycles. The van der Waals surface area contributed by atoms with Gasteiger partial charge in [-0.25, -0.2) is 17.9 Å². The van der Waals surface area contributed by atoms with E-state index in [4.69, 9.17) is 4.42 Å². The zero-order chi connectivity index (χ0) is 19.4. The molecule has 0 bridgehead atoms. The second-order valence-electron chi connectivity index (χ2n) is 6.43. The summed E-state index contributed by atoms with van der Waals surface area (Å²) < 4.78 is 32.9. The molecular weight excluding hydrogens is 364 g/mol. The number of rotatable bonds is 7. The number of sulfonamides is 1. The molecule has 0 aliphatic carbocycles. The molecule has 3 rings (SSSR count). The molecule has 7 heteroatoms. The van der Waals surface area contributed by atoms with Crippen LogP contribution >= 0.6 is 0 Å². The summed E-state index contributed by atoms with van der Waals surface area (Å²) in [6, 6.07) is 15.1. The van der Waals surface area contributed by atoms with E-state index in [9.17, 15) is 13.2 Å². The predicted molar refractivity (Wildman–Crippen MR) is 105 cm³/mol. The Bertz CT molecular complexity index is 1110. The van der Waals surface area contributed by atoms with Crippen molar-refractivity contribution in [3.05, 3.63) is 76.1 Å². The largest absolute Gasteiger partial charge is 0.423 e. The summed E-state index contributed by atoms with van der Waals surface area (Å²) in [4.78, 5) is 13.5. The molecule has 0 amide bonds. The molecule has 0 radical (unpaired) electrons. The first-order chi connectivity index (χ1) is 12.9. The summed E-state index contributed by atoms with van der Waals surface area (Å²) in [6.07, 6.45) is 0. The maximum Gasteiger partial charge on any atom is 0.336 e. The molecule has 0 aliphatic rings. The fraction of sp³-hybridized carbons (Fsp3) is 0.250. The van der Waals surface area contributed by atoms with Crippen LogP contribution in [0.25, 0.3) is 11.0 Å². The lowest BCUT2D eigenvalue weighted by Gasteiger charge is -2.14. The molecule has 3 aromatic rings. The monoisotopic (exact) mass is 386 g/mol. The molecule has 27 heavy (non-hydrogen) atoms. The number of fused-ring (bicyclic) bond motifs is 1. The van der Waals surface area contributed by atoms with Crippen LogP contribution in [0, 0.1) is 0 Å². The van der Waals surface area contributed by atoms with E-state index in [-0.39, 0.29) is 11.4 Å². The first-order valence-corrected chi connectivity index (χ1v) is 10.2. The van der Waals surface area contributed by atoms with E-state index in [1.54, 1.807) is 6.07 Å². The number of hydrogen-bond donors (Lipinski definition) is 1. The lowest BCUT2D eigenvalue weighted by atomic mass is 10.1. The third kappa shape index (κ3) is 4.82. The SMILES string of the molecule is CCN(C)Cc1cccc(CNS(=O)(=O)c2ccc3oc(=O)ccc3c2)c1. The summed E-state index contributed by atoms with van der Waals surface area (Å²) in [7, 11) is -1.64. The fourth-order valence-corrected chi connectivity index (χ4v) is 3.79. The van der Waals surface area contributed by atoms with E-state index in [0.717, 1.165) is 24.2 Å². The molecule has 0 unspecified atom stereocenters. The van der Waals surface area contributed by atoms with Crippen LogP contribution in [-0.4, -0.2) is 26.9 Å². The molecule has 0 aliphatic heterocycles. The highest BCUT2D eigenvalue weighted by Crippen LogP contribution is 2.18. The topological polar surface area (TPSA) is 79.6 Å². The minimum atomic E-state index is -3.68. The zero-order valence-electron chi connectivity index (χ0n) is 15.3. The fourth-order valence-electron chi connectivity index (χ4n) is 2.74. The van der Waals surface area contributed by atoms with Gasteiger partial charge in [0.25, 0.3) is 0 Å². The molecule has 0 atom stereocenters. The molecule has 142 valence electrons. The summed E-state index contributed by atoms with van der Waals surface area (Å²) in [6.45, 7) is 4.05. The Hall–Kier alpha value is -2.48. The smallest absolute Gasteiger partial charge is 0.336 e. The normalized spacial score (nSPS) is 12.0. The van der Waals surface area contributed by atoms with E-state index in [2.05, 4.69) is 16.5 Å². The van der Waals surface area contributed by atoms with Crippen molar-refractivity contribution in [2.24, 2.45) is 0 Å². The highest BCUT2D eigenvalue weighted by molar-refractivity contribution is 7.89. The lowest BCUT2D eigenvalue weighted by molar-refractivity contribution is 0.345. The predicted octanol–water partition coefficient (Wildman–Crippen LogP) is 2.72. The highest BCUT2D eigenvalue weighted by Gasteiger charge is 2.15. The maximum atomic E-state index is 12.6. The average molecular weight is 386 g/mol. The van der Waals surface area contributed by atoms with E-state index in [0.29, 0.717) is 11.0 Å². The van der Waals surface area contributed by atoms with Crippen LogP contribution in [0.2, 0.25) is 0 Å². The van der Waals surface area contributed by atoms with Crippen molar-refractivity contribution in [1.29, 1.82) is 0 Å². The third-order valence-corrected chi connectivity index (χ3v) is 5.75. The third-order valence-electron chi connectivity index (χ3n) is 4.35. The van der Waals surface area contributed by atoms with Crippen molar-refractivity contribution in [1.82, 2.24) is 9.62 Å². The minimum Gasteiger partial charge on any atom is -0.423 e. The van der Waals surface area contributed by atoms with Gasteiger partial charge in [0.05, 0.1) is 4.90 Å². The summed E-state index contributed by atoms with van der Waals surface area (Å²) in [5.74, 6) is 0. The highest BCUT2D eigenvalue weighted by atomic mass is 32.2. The van der Waals surface area contributed by atoms with Gasteiger partial charge in [0, 0.05) is 24.5 Å². The van der Waals surface area contributed by atoms with Crippen LogP contribution in [0.1, 0.15) is 18.1 Å². The minimum absolute atomic E-state index is 0.130. The van der Waals surface area contributed by atoms with Crippen LogP contribution in [0.5, 0.6) is 0 Å². The van der Waals surface area contributed by atoms with Crippen molar-refractivity contribution >= 4 is 21.0 Å². The Balaban J connectivity index is 1.76. The van der Waals surface area contributed by atoms with Crippen molar-refractivity contribution in [3.63, 3.8) is 0 Å². The van der Waals surface area contributed by atoms with E-state index in [1.807, 2.05) is 31.3 Å². The van der Waals surface area contributed by atoms with Gasteiger partial charge < -0.3 is 9.32 Å². The Morgan fingerprint density at radius 1 is 1.04 bits per heavy atom. The van der Waals surface area contributed by atoms with Crippen molar-refractivity contribution < 1.29 is 12.8 Å². The van der Waals surface area contributed by atoms with Gasteiger partial charge in [0.1, 0.15) is 5.58 Å². The standard InChI is InChI=1S/C20H22N2O4S/c1-3-22(2)14-16-6-4-5-15(11-16)13-21-27(24,25)18-8-9-19-17(12-18)7-10-20(23)26-19/h4-12,21H,3,13-14H2,1-2H3. The molecule has 1 N–H and O–H groups in total. The number of nitrogens with one attached hydrogen (secondary N) is 1.